The van der Waals surface area contributed by atoms with Crippen molar-refractivity contribution in [2.24, 2.45) is 16.7 Å². The molecule has 0 spiro atoms. The summed E-state index contributed by atoms with van der Waals surface area (Å²) in [6.07, 6.45) is 3.87. The molecule has 5 unspecified atom stereocenters. The van der Waals surface area contributed by atoms with E-state index in [1.54, 1.807) is 28.8 Å². The molecule has 2 aliphatic carbocycles. The number of likely N-dealkylation sites (tertiary alicyclic amines) is 1. The average Bonchev–Trinajstić information content (AvgIpc) is 3.53. The number of aliphatic hydroxyl groups excluding tert-OH is 1. The van der Waals surface area contributed by atoms with Gasteiger partial charge in [0.25, 0.3) is 0 Å². The second kappa shape index (κ2) is 10.6. The Hall–Kier alpha value is -2.26. The van der Waals surface area contributed by atoms with Crippen LogP contribution in [0.5, 0.6) is 5.75 Å². The largest absolute Gasteiger partial charge is 0.508 e. The molecule has 0 aromatic heterocycles. The van der Waals surface area contributed by atoms with Gasteiger partial charge in [-0.25, -0.2) is 4.79 Å². The zero-order valence-electron chi connectivity index (χ0n) is 23.3. The summed E-state index contributed by atoms with van der Waals surface area (Å²) in [7, 11) is 0. The summed E-state index contributed by atoms with van der Waals surface area (Å²) < 4.78 is 6.18. The van der Waals surface area contributed by atoms with Gasteiger partial charge in [-0.05, 0) is 85.5 Å². The molecule has 4 aliphatic rings. The number of fused-ring (bicyclic) bond motifs is 2. The van der Waals surface area contributed by atoms with Crippen LogP contribution >= 0.6 is 11.8 Å². The van der Waals surface area contributed by atoms with Crippen LogP contribution in [0.4, 0.5) is 0 Å². The van der Waals surface area contributed by atoms with Gasteiger partial charge in [-0.3, -0.25) is 9.59 Å². The third-order valence-electron chi connectivity index (χ3n) is 10.5. The second-order valence-corrected chi connectivity index (χ2v) is 14.0. The summed E-state index contributed by atoms with van der Waals surface area (Å²) in [5.41, 5.74) is -0.376. The highest BCUT2D eigenvalue weighted by molar-refractivity contribution is 7.99. The van der Waals surface area contributed by atoms with Crippen molar-refractivity contribution in [1.29, 1.82) is 0 Å². The normalized spacial score (nSPS) is 31.6. The van der Waals surface area contributed by atoms with Crippen LogP contribution in [0.15, 0.2) is 24.3 Å². The number of carbonyl (C=O) groups excluding carboxylic acids is 3. The van der Waals surface area contributed by atoms with E-state index in [-0.39, 0.29) is 41.0 Å². The first-order chi connectivity index (χ1) is 18.5. The van der Waals surface area contributed by atoms with Crippen LogP contribution in [-0.2, 0) is 25.5 Å². The fourth-order valence-corrected chi connectivity index (χ4v) is 8.63. The number of rotatable bonds is 7. The highest BCUT2D eigenvalue weighted by Gasteiger charge is 2.63. The minimum Gasteiger partial charge on any atom is -0.508 e. The number of nitrogens with zero attached hydrogens (tertiary/aromatic N) is 1. The standard InChI is InChI=1S/C30H42N2O6S/c1-28(2)20-10-11-29(28,3)24(18-20)38-26(36)22-5-4-14-32(22)27(37)30(12-15-39-16-13-30)31-25(35)23(34)17-19-6-8-21(33)9-7-19/h6-9,20,22-24,33-34H,4-5,10-18H2,1-3H3,(H,31,35). The second-order valence-electron chi connectivity index (χ2n) is 12.8. The van der Waals surface area contributed by atoms with Crippen LogP contribution in [-0.4, -0.2) is 74.7 Å². The number of carbonyl (C=O) groups is 3. The Morgan fingerprint density at radius 1 is 1.10 bits per heavy atom. The predicted octanol–water partition coefficient (Wildman–Crippen LogP) is 3.43. The molecule has 1 aromatic carbocycles. The third-order valence-corrected chi connectivity index (χ3v) is 11.5. The van der Waals surface area contributed by atoms with E-state index in [4.69, 9.17) is 4.74 Å². The quantitative estimate of drug-likeness (QED) is 0.439. The van der Waals surface area contributed by atoms with Crippen molar-refractivity contribution in [3.05, 3.63) is 29.8 Å². The monoisotopic (exact) mass is 558 g/mol. The summed E-state index contributed by atoms with van der Waals surface area (Å²) in [4.78, 5) is 42.4. The zero-order valence-corrected chi connectivity index (χ0v) is 24.1. The molecule has 2 saturated carbocycles. The molecule has 1 aromatic rings. The summed E-state index contributed by atoms with van der Waals surface area (Å²) in [6.45, 7) is 7.26. The molecule has 214 valence electrons. The van der Waals surface area contributed by atoms with E-state index in [0.29, 0.717) is 55.2 Å². The number of hydrogen-bond donors (Lipinski definition) is 3. The number of esters is 1. The number of phenols is 1. The van der Waals surface area contributed by atoms with Crippen molar-refractivity contribution in [1.82, 2.24) is 10.2 Å². The fraction of sp³-hybridized carbons (Fsp3) is 0.700. The highest BCUT2D eigenvalue weighted by Crippen LogP contribution is 2.66. The highest BCUT2D eigenvalue weighted by atomic mass is 32.2. The number of amides is 2. The van der Waals surface area contributed by atoms with Crippen molar-refractivity contribution in [2.75, 3.05) is 18.1 Å². The first kappa shape index (κ1) is 28.3. The molecule has 2 heterocycles. The summed E-state index contributed by atoms with van der Waals surface area (Å²) in [5.74, 6) is 0.909. The van der Waals surface area contributed by atoms with Crippen LogP contribution < -0.4 is 5.32 Å². The maximum absolute atomic E-state index is 14.1. The van der Waals surface area contributed by atoms with Crippen LogP contribution in [0.1, 0.15) is 71.3 Å². The first-order valence-electron chi connectivity index (χ1n) is 14.3. The van der Waals surface area contributed by atoms with Gasteiger partial charge in [0.05, 0.1) is 0 Å². The Morgan fingerprint density at radius 2 is 1.79 bits per heavy atom. The topological polar surface area (TPSA) is 116 Å². The van der Waals surface area contributed by atoms with Crippen LogP contribution in [0.2, 0.25) is 0 Å². The third kappa shape index (κ3) is 5.05. The van der Waals surface area contributed by atoms with Gasteiger partial charge >= 0.3 is 5.97 Å². The Morgan fingerprint density at radius 3 is 2.41 bits per heavy atom. The smallest absolute Gasteiger partial charge is 0.329 e. The van der Waals surface area contributed by atoms with E-state index >= 15 is 0 Å². The molecule has 5 atom stereocenters. The van der Waals surface area contributed by atoms with Gasteiger partial charge in [-0.1, -0.05) is 32.9 Å². The van der Waals surface area contributed by atoms with Crippen LogP contribution in [0.25, 0.3) is 0 Å². The van der Waals surface area contributed by atoms with Crippen molar-refractivity contribution in [2.45, 2.75) is 95.9 Å². The number of nitrogens with one attached hydrogen (secondary N) is 1. The Bertz CT molecular complexity index is 1100. The molecule has 5 rings (SSSR count). The van der Waals surface area contributed by atoms with Gasteiger partial charge in [0.1, 0.15) is 29.5 Å². The van der Waals surface area contributed by atoms with Crippen molar-refractivity contribution in [3.63, 3.8) is 0 Å². The molecule has 0 radical (unpaired) electrons. The molecule has 8 nitrogen and oxygen atoms in total. The fourth-order valence-electron chi connectivity index (χ4n) is 7.44. The van der Waals surface area contributed by atoms with E-state index < -0.39 is 23.6 Å². The van der Waals surface area contributed by atoms with E-state index in [9.17, 15) is 24.6 Å². The number of hydrogen-bond acceptors (Lipinski definition) is 7. The number of phenolic OH excluding ortho intramolecular Hbond substituents is 1. The van der Waals surface area contributed by atoms with Crippen LogP contribution in [0.3, 0.4) is 0 Å². The zero-order chi connectivity index (χ0) is 28.0. The number of aliphatic hydroxyl groups is 1. The molecule has 4 fully saturated rings. The molecule has 9 heteroatoms. The molecule has 39 heavy (non-hydrogen) atoms. The Balaban J connectivity index is 1.28. The summed E-state index contributed by atoms with van der Waals surface area (Å²) in [6, 6.07) is 5.68. The number of ether oxygens (including phenoxy) is 1. The molecule has 2 saturated heterocycles. The molecule has 3 N–H and O–H groups in total. The summed E-state index contributed by atoms with van der Waals surface area (Å²) >= 11 is 1.73. The van der Waals surface area contributed by atoms with E-state index in [2.05, 4.69) is 26.1 Å². The van der Waals surface area contributed by atoms with Gasteiger partial charge < -0.3 is 25.2 Å². The van der Waals surface area contributed by atoms with Gasteiger partial charge in [0.2, 0.25) is 11.8 Å². The van der Waals surface area contributed by atoms with Gasteiger partial charge in [-0.15, -0.1) is 0 Å². The van der Waals surface area contributed by atoms with E-state index in [1.165, 1.54) is 18.6 Å². The lowest BCUT2D eigenvalue weighted by Crippen LogP contribution is -2.64. The van der Waals surface area contributed by atoms with Crippen LogP contribution in [0, 0.1) is 16.7 Å². The lowest BCUT2D eigenvalue weighted by atomic mass is 9.70. The molecular formula is C30H42N2O6S. The van der Waals surface area contributed by atoms with E-state index in [0.717, 1.165) is 12.8 Å². The minimum atomic E-state index is -1.34. The number of thioether (sulfide) groups is 1. The molecule has 2 bridgehead atoms. The predicted molar refractivity (Wildman–Crippen MR) is 149 cm³/mol. The maximum Gasteiger partial charge on any atom is 0.329 e. The minimum absolute atomic E-state index is 0.0514. The molecule has 2 amide bonds. The maximum atomic E-state index is 14.1. The lowest BCUT2D eigenvalue weighted by Gasteiger charge is -2.41. The number of aromatic hydroxyl groups is 1. The van der Waals surface area contributed by atoms with Gasteiger partial charge in [0.15, 0.2) is 0 Å². The molecular weight excluding hydrogens is 516 g/mol. The van der Waals surface area contributed by atoms with Gasteiger partial charge in [0, 0.05) is 18.4 Å². The van der Waals surface area contributed by atoms with Crippen molar-refractivity contribution in [3.8, 4) is 5.75 Å². The first-order valence-corrected chi connectivity index (χ1v) is 15.5. The Kier molecular flexibility index (Phi) is 7.70. The van der Waals surface area contributed by atoms with Gasteiger partial charge in [-0.2, -0.15) is 11.8 Å². The average molecular weight is 559 g/mol. The van der Waals surface area contributed by atoms with Crippen molar-refractivity contribution >= 4 is 29.5 Å². The summed E-state index contributed by atoms with van der Waals surface area (Å²) in [5, 5.41) is 23.1. The SMILES string of the molecule is CC1(C)C2CCC1(C)C(OC(=O)C1CCCN1C(=O)C1(NC(=O)C(O)Cc3ccc(O)cc3)CCSCC1)C2. The Labute approximate surface area is 235 Å². The molecule has 2 aliphatic heterocycles. The van der Waals surface area contributed by atoms with Crippen molar-refractivity contribution < 1.29 is 29.3 Å². The van der Waals surface area contributed by atoms with E-state index in [1.807, 2.05) is 0 Å². The number of benzene rings is 1. The lowest BCUT2D eigenvalue weighted by molar-refractivity contribution is -0.166.